The number of rotatable bonds is 4. The van der Waals surface area contributed by atoms with Crippen molar-refractivity contribution in [2.24, 2.45) is 5.92 Å². The summed E-state index contributed by atoms with van der Waals surface area (Å²) in [5, 5.41) is 0. The highest BCUT2D eigenvalue weighted by molar-refractivity contribution is 5.79. The van der Waals surface area contributed by atoms with Crippen molar-refractivity contribution in [3.8, 4) is 5.75 Å². The molecule has 0 radical (unpaired) electrons. The normalized spacial score (nSPS) is 22.0. The van der Waals surface area contributed by atoms with Gasteiger partial charge in [0.1, 0.15) is 5.75 Å². The number of hydrogen-bond donors (Lipinski definition) is 0. The molecule has 1 aromatic rings. The molecule has 138 valence electrons. The summed E-state index contributed by atoms with van der Waals surface area (Å²) in [6.07, 6.45) is 1.20. The van der Waals surface area contributed by atoms with Gasteiger partial charge in [-0.1, -0.05) is 12.1 Å². The number of carbonyl (C=O) groups is 1. The zero-order valence-corrected chi connectivity index (χ0v) is 14.7. The maximum absolute atomic E-state index is 13.2. The summed E-state index contributed by atoms with van der Waals surface area (Å²) in [4.78, 5) is 16.5. The number of benzene rings is 1. The molecule has 2 heterocycles. The number of methoxy groups -OCH3 is 1. The molecule has 3 rings (SSSR count). The number of likely N-dealkylation sites (tertiary alicyclic amines) is 2. The van der Waals surface area contributed by atoms with Crippen LogP contribution in [0.15, 0.2) is 24.3 Å². The molecule has 0 spiro atoms. The molecule has 6 heteroatoms. The van der Waals surface area contributed by atoms with Crippen molar-refractivity contribution in [2.45, 2.75) is 38.2 Å². The van der Waals surface area contributed by atoms with Crippen LogP contribution >= 0.6 is 0 Å². The van der Waals surface area contributed by atoms with Gasteiger partial charge in [0.25, 0.3) is 5.92 Å². The summed E-state index contributed by atoms with van der Waals surface area (Å²) < 4.78 is 31.7. The number of amides is 1. The van der Waals surface area contributed by atoms with E-state index in [-0.39, 0.29) is 37.8 Å². The van der Waals surface area contributed by atoms with Gasteiger partial charge < -0.3 is 9.64 Å². The molecule has 2 aliphatic rings. The minimum absolute atomic E-state index is 0.0201. The zero-order valence-electron chi connectivity index (χ0n) is 14.7. The lowest BCUT2D eigenvalue weighted by atomic mass is 9.93. The van der Waals surface area contributed by atoms with E-state index in [2.05, 4.69) is 11.0 Å². The van der Waals surface area contributed by atoms with E-state index in [0.29, 0.717) is 0 Å². The molecule has 25 heavy (non-hydrogen) atoms. The summed E-state index contributed by atoms with van der Waals surface area (Å²) in [5.74, 6) is -1.70. The predicted octanol–water partition coefficient (Wildman–Crippen LogP) is 3.16. The van der Waals surface area contributed by atoms with Crippen LogP contribution in [0, 0.1) is 5.92 Å². The first-order valence-corrected chi connectivity index (χ1v) is 8.99. The smallest absolute Gasteiger partial charge is 0.251 e. The van der Waals surface area contributed by atoms with Crippen LogP contribution in [-0.2, 0) is 11.3 Å². The molecule has 1 amide bonds. The largest absolute Gasteiger partial charge is 0.497 e. The maximum atomic E-state index is 13.2. The number of alkyl halides is 2. The van der Waals surface area contributed by atoms with E-state index in [0.717, 1.165) is 38.2 Å². The molecule has 0 unspecified atom stereocenters. The third-order valence-electron chi connectivity index (χ3n) is 5.28. The zero-order chi connectivity index (χ0) is 17.9. The van der Waals surface area contributed by atoms with E-state index in [1.807, 2.05) is 18.2 Å². The van der Waals surface area contributed by atoms with Crippen molar-refractivity contribution in [3.63, 3.8) is 0 Å². The van der Waals surface area contributed by atoms with Crippen LogP contribution in [0.25, 0.3) is 0 Å². The quantitative estimate of drug-likeness (QED) is 0.834. The van der Waals surface area contributed by atoms with Crippen LogP contribution < -0.4 is 4.74 Å². The van der Waals surface area contributed by atoms with Gasteiger partial charge in [0.05, 0.1) is 7.11 Å². The average Bonchev–Trinajstić information content (AvgIpc) is 2.62. The minimum Gasteiger partial charge on any atom is -0.497 e. The number of ether oxygens (including phenoxy) is 1. The summed E-state index contributed by atoms with van der Waals surface area (Å²) >= 11 is 0. The molecular formula is C19H26F2N2O2. The number of hydrogen-bond acceptors (Lipinski definition) is 3. The Hall–Kier alpha value is -1.69. The molecule has 0 N–H and O–H groups in total. The Morgan fingerprint density at radius 2 is 1.88 bits per heavy atom. The van der Waals surface area contributed by atoms with E-state index in [1.165, 1.54) is 5.56 Å². The Morgan fingerprint density at radius 3 is 2.52 bits per heavy atom. The van der Waals surface area contributed by atoms with Crippen LogP contribution in [-0.4, -0.2) is 54.9 Å². The third kappa shape index (κ3) is 4.69. The molecule has 0 saturated carbocycles. The van der Waals surface area contributed by atoms with E-state index >= 15 is 0 Å². The van der Waals surface area contributed by atoms with E-state index in [9.17, 15) is 13.6 Å². The molecule has 0 atom stereocenters. The first-order chi connectivity index (χ1) is 12.0. The van der Waals surface area contributed by atoms with Gasteiger partial charge in [-0.05, 0) is 43.6 Å². The van der Waals surface area contributed by atoms with Crippen LogP contribution in [0.1, 0.15) is 31.2 Å². The van der Waals surface area contributed by atoms with Gasteiger partial charge in [0.15, 0.2) is 0 Å². The van der Waals surface area contributed by atoms with E-state index in [4.69, 9.17) is 4.74 Å². The van der Waals surface area contributed by atoms with Crippen LogP contribution in [0.3, 0.4) is 0 Å². The van der Waals surface area contributed by atoms with Crippen molar-refractivity contribution in [1.29, 1.82) is 0 Å². The van der Waals surface area contributed by atoms with Gasteiger partial charge in [-0.15, -0.1) is 0 Å². The second-order valence-corrected chi connectivity index (χ2v) is 7.08. The first-order valence-electron chi connectivity index (χ1n) is 8.99. The average molecular weight is 352 g/mol. The number of carbonyl (C=O) groups excluding carboxylic acids is 1. The Labute approximate surface area is 147 Å². The molecule has 4 nitrogen and oxygen atoms in total. The van der Waals surface area contributed by atoms with Crippen molar-refractivity contribution in [2.75, 3.05) is 33.3 Å². The summed E-state index contributed by atoms with van der Waals surface area (Å²) in [6, 6.07) is 8.02. The molecule has 0 aromatic heterocycles. The van der Waals surface area contributed by atoms with Crippen LogP contribution in [0.2, 0.25) is 0 Å². The lowest BCUT2D eigenvalue weighted by Crippen LogP contribution is -2.47. The second-order valence-electron chi connectivity index (χ2n) is 7.08. The maximum Gasteiger partial charge on any atom is 0.251 e. The van der Waals surface area contributed by atoms with E-state index in [1.54, 1.807) is 12.0 Å². The molecule has 0 aliphatic carbocycles. The molecular weight excluding hydrogens is 326 g/mol. The molecule has 2 saturated heterocycles. The van der Waals surface area contributed by atoms with Gasteiger partial charge in [-0.2, -0.15) is 0 Å². The first kappa shape index (κ1) is 18.1. The summed E-state index contributed by atoms with van der Waals surface area (Å²) in [7, 11) is 1.66. The Morgan fingerprint density at radius 1 is 1.20 bits per heavy atom. The summed E-state index contributed by atoms with van der Waals surface area (Å²) in [5.41, 5.74) is 1.20. The summed E-state index contributed by atoms with van der Waals surface area (Å²) in [6.45, 7) is 2.94. The van der Waals surface area contributed by atoms with Gasteiger partial charge in [0, 0.05) is 38.4 Å². The second kappa shape index (κ2) is 7.68. The fraction of sp³-hybridized carbons (Fsp3) is 0.632. The number of piperidine rings is 2. The molecule has 1 aromatic carbocycles. The molecule has 0 bridgehead atoms. The van der Waals surface area contributed by atoms with Crippen molar-refractivity contribution < 1.29 is 18.3 Å². The molecule has 2 aliphatic heterocycles. The third-order valence-corrected chi connectivity index (χ3v) is 5.28. The van der Waals surface area contributed by atoms with E-state index < -0.39 is 5.92 Å². The number of halogens is 2. The predicted molar refractivity (Wildman–Crippen MR) is 91.8 cm³/mol. The van der Waals surface area contributed by atoms with Crippen molar-refractivity contribution in [1.82, 2.24) is 9.80 Å². The van der Waals surface area contributed by atoms with Crippen molar-refractivity contribution >= 4 is 5.91 Å². The van der Waals surface area contributed by atoms with Crippen molar-refractivity contribution in [3.05, 3.63) is 29.8 Å². The monoisotopic (exact) mass is 352 g/mol. The Balaban J connectivity index is 1.47. The van der Waals surface area contributed by atoms with Crippen LogP contribution in [0.5, 0.6) is 5.75 Å². The number of nitrogens with zero attached hydrogens (tertiary/aromatic N) is 2. The lowest BCUT2D eigenvalue weighted by molar-refractivity contribution is -0.143. The topological polar surface area (TPSA) is 32.8 Å². The Bertz CT molecular complexity index is 591. The fourth-order valence-electron chi connectivity index (χ4n) is 3.68. The van der Waals surface area contributed by atoms with Crippen LogP contribution in [0.4, 0.5) is 8.78 Å². The molecule has 2 fully saturated rings. The highest BCUT2D eigenvalue weighted by Gasteiger charge is 2.37. The Kier molecular flexibility index (Phi) is 5.57. The highest BCUT2D eigenvalue weighted by Crippen LogP contribution is 2.30. The highest BCUT2D eigenvalue weighted by atomic mass is 19.3. The standard InChI is InChI=1S/C19H26F2N2O2/c1-25-17-4-2-3-15(13-17)14-22-9-5-16(6-10-22)18(24)23-11-7-19(20,21)8-12-23/h2-4,13,16H,5-12,14H2,1H3. The SMILES string of the molecule is COc1cccc(CN2CCC(C(=O)N3CCC(F)(F)CC3)CC2)c1. The lowest BCUT2D eigenvalue weighted by Gasteiger charge is -2.37. The van der Waals surface area contributed by atoms with Gasteiger partial charge in [-0.3, -0.25) is 9.69 Å². The minimum atomic E-state index is -2.60. The van der Waals surface area contributed by atoms with Gasteiger partial charge in [-0.25, -0.2) is 8.78 Å². The van der Waals surface area contributed by atoms with Gasteiger partial charge in [0.2, 0.25) is 5.91 Å². The fourth-order valence-corrected chi connectivity index (χ4v) is 3.68. The van der Waals surface area contributed by atoms with Gasteiger partial charge >= 0.3 is 0 Å².